The summed E-state index contributed by atoms with van der Waals surface area (Å²) in [7, 11) is -4.78. The summed E-state index contributed by atoms with van der Waals surface area (Å²) >= 11 is 0. The fraction of sp³-hybridized carbons (Fsp3) is 0.130. The van der Waals surface area contributed by atoms with Crippen LogP contribution in [0.5, 0.6) is 5.75 Å². The monoisotopic (exact) mass is 476 g/mol. The van der Waals surface area contributed by atoms with Crippen LogP contribution in [0.2, 0.25) is 0 Å². The normalized spacial score (nSPS) is 12.6. The Morgan fingerprint density at radius 2 is 1.58 bits per heavy atom. The molecule has 0 radical (unpaired) electrons. The van der Waals surface area contributed by atoms with E-state index < -0.39 is 32.3 Å². The van der Waals surface area contributed by atoms with Crippen LogP contribution in [0.3, 0.4) is 0 Å². The van der Waals surface area contributed by atoms with Gasteiger partial charge in [-0.05, 0) is 32.0 Å². The molecule has 10 heteroatoms. The van der Waals surface area contributed by atoms with Crippen molar-refractivity contribution < 1.29 is 58.3 Å². The Hall–Kier alpha value is -2.69. The Kier molecular flexibility index (Phi) is 7.01. The molecule has 0 aromatic heterocycles. The molecular weight excluding hydrogens is 455 g/mol. The first-order chi connectivity index (χ1) is 15.1. The minimum atomic E-state index is -4.78. The van der Waals surface area contributed by atoms with Crippen molar-refractivity contribution in [2.24, 2.45) is 0 Å². The molecule has 0 heterocycles. The van der Waals surface area contributed by atoms with Gasteiger partial charge >= 0.3 is 29.6 Å². The Labute approximate surface area is 214 Å². The second kappa shape index (κ2) is 9.28. The predicted molar refractivity (Wildman–Crippen MR) is 121 cm³/mol. The molecule has 166 valence electrons. The van der Waals surface area contributed by atoms with E-state index in [1.807, 2.05) is 13.8 Å². The van der Waals surface area contributed by atoms with E-state index in [4.69, 9.17) is 10.5 Å². The maximum Gasteiger partial charge on any atom is 1.00 e. The number of carbonyl (C=O) groups is 2. The van der Waals surface area contributed by atoms with E-state index in [0.29, 0.717) is 11.4 Å². The molecule has 0 aliphatic heterocycles. The van der Waals surface area contributed by atoms with Crippen molar-refractivity contribution in [1.29, 1.82) is 0 Å². The minimum absolute atomic E-state index is 0. The molecule has 0 unspecified atom stereocenters. The second-order valence-electron chi connectivity index (χ2n) is 7.58. The van der Waals surface area contributed by atoms with E-state index >= 15 is 0 Å². The molecule has 0 atom stereocenters. The van der Waals surface area contributed by atoms with Gasteiger partial charge in [0.2, 0.25) is 0 Å². The van der Waals surface area contributed by atoms with Crippen LogP contribution in [0.1, 0.15) is 47.1 Å². The van der Waals surface area contributed by atoms with E-state index in [1.54, 1.807) is 36.4 Å². The quantitative estimate of drug-likeness (QED) is 0.220. The molecule has 0 saturated heterocycles. The summed E-state index contributed by atoms with van der Waals surface area (Å²) in [5.74, 6) is -0.531. The van der Waals surface area contributed by atoms with Crippen LogP contribution in [0.4, 0.5) is 17.1 Å². The van der Waals surface area contributed by atoms with E-state index in [2.05, 4.69) is 5.32 Å². The maximum absolute atomic E-state index is 13.3. The standard InChI is InChI=1S/C23H20N2O6S.Na.H/c1-12(2)31-14-7-5-6-13(10-14)25-17-11-18(32(28,29)30)21(24)20-19(17)22(26)15-8-3-4-9-16(15)23(20)27;;/h3-12,25H,24H2,1-2H3,(H,28,29,30);;/q;+1;-1. The maximum atomic E-state index is 13.3. The van der Waals surface area contributed by atoms with E-state index in [0.717, 1.165) is 6.07 Å². The molecule has 3 aromatic carbocycles. The molecule has 33 heavy (non-hydrogen) atoms. The Bertz CT molecular complexity index is 1390. The van der Waals surface area contributed by atoms with Gasteiger partial charge in [-0.2, -0.15) is 8.42 Å². The average molecular weight is 476 g/mol. The first-order valence-electron chi connectivity index (χ1n) is 9.74. The Balaban J connectivity index is 0.00000204. The number of carbonyl (C=O) groups excluding carboxylic acids is 2. The van der Waals surface area contributed by atoms with Crippen LogP contribution in [0, 0.1) is 0 Å². The van der Waals surface area contributed by atoms with Gasteiger partial charge in [-0.3, -0.25) is 14.1 Å². The van der Waals surface area contributed by atoms with Crippen molar-refractivity contribution in [3.8, 4) is 5.75 Å². The van der Waals surface area contributed by atoms with Crippen molar-refractivity contribution in [2.75, 3.05) is 11.1 Å². The summed E-state index contributed by atoms with van der Waals surface area (Å²) in [4.78, 5) is 25.8. The van der Waals surface area contributed by atoms with Gasteiger partial charge in [0.05, 0.1) is 28.6 Å². The summed E-state index contributed by atoms with van der Waals surface area (Å²) < 4.78 is 39.3. The van der Waals surface area contributed by atoms with Crippen molar-refractivity contribution >= 4 is 38.7 Å². The number of rotatable bonds is 5. The van der Waals surface area contributed by atoms with Crippen LogP contribution >= 0.6 is 0 Å². The first-order valence-corrected chi connectivity index (χ1v) is 11.2. The number of hydrogen-bond acceptors (Lipinski definition) is 7. The summed E-state index contributed by atoms with van der Waals surface area (Å²) in [5.41, 5.74) is 5.99. The molecule has 0 amide bonds. The number of nitrogen functional groups attached to an aromatic ring is 1. The summed E-state index contributed by atoms with van der Waals surface area (Å²) in [6.45, 7) is 3.74. The molecule has 1 aliphatic carbocycles. The van der Waals surface area contributed by atoms with E-state index in [9.17, 15) is 22.6 Å². The Morgan fingerprint density at radius 3 is 2.15 bits per heavy atom. The predicted octanol–water partition coefficient (Wildman–Crippen LogP) is 0.938. The third kappa shape index (κ3) is 4.68. The molecule has 0 bridgehead atoms. The Morgan fingerprint density at radius 1 is 0.970 bits per heavy atom. The smallest absolute Gasteiger partial charge is 1.00 e. The number of ether oxygens (including phenoxy) is 1. The molecule has 1 aliphatic rings. The van der Waals surface area contributed by atoms with Gasteiger partial charge in [0.1, 0.15) is 10.6 Å². The number of hydrogen-bond donors (Lipinski definition) is 3. The summed E-state index contributed by atoms with van der Waals surface area (Å²) in [6.07, 6.45) is -0.0728. The SMILES string of the molecule is CC(C)Oc1cccc(Nc2cc(S(=O)(=O)O)c(N)c3c2C(=O)c2ccccc2C3=O)c1.[H-].[Na+]. The van der Waals surface area contributed by atoms with Gasteiger partial charge < -0.3 is 17.2 Å². The zero-order valence-electron chi connectivity index (χ0n) is 19.2. The van der Waals surface area contributed by atoms with Gasteiger partial charge in [0, 0.05) is 22.9 Å². The zero-order valence-corrected chi connectivity index (χ0v) is 21.1. The fourth-order valence-corrected chi connectivity index (χ4v) is 4.33. The van der Waals surface area contributed by atoms with Crippen molar-refractivity contribution in [2.45, 2.75) is 24.8 Å². The number of fused-ring (bicyclic) bond motifs is 2. The second-order valence-corrected chi connectivity index (χ2v) is 8.97. The molecule has 0 fully saturated rings. The average Bonchev–Trinajstić information content (AvgIpc) is 2.72. The molecule has 0 saturated carbocycles. The number of benzene rings is 3. The van der Waals surface area contributed by atoms with Gasteiger partial charge in [-0.25, -0.2) is 0 Å². The molecule has 4 N–H and O–H groups in total. The molecular formula is C23H21N2NaO6S. The van der Waals surface area contributed by atoms with Gasteiger partial charge in [0.15, 0.2) is 11.6 Å². The van der Waals surface area contributed by atoms with Crippen molar-refractivity contribution in [1.82, 2.24) is 0 Å². The summed E-state index contributed by atoms with van der Waals surface area (Å²) in [5, 5.41) is 2.98. The zero-order chi connectivity index (χ0) is 23.2. The fourth-order valence-electron chi connectivity index (χ4n) is 3.68. The summed E-state index contributed by atoms with van der Waals surface area (Å²) in [6, 6.07) is 14.1. The topological polar surface area (TPSA) is 136 Å². The minimum Gasteiger partial charge on any atom is -1.00 e. The molecule has 4 rings (SSSR count). The van der Waals surface area contributed by atoms with Crippen LogP contribution in [0.15, 0.2) is 59.5 Å². The van der Waals surface area contributed by atoms with Crippen LogP contribution in [-0.2, 0) is 10.1 Å². The number of nitrogens with two attached hydrogens (primary N) is 1. The van der Waals surface area contributed by atoms with Crippen LogP contribution in [0.25, 0.3) is 0 Å². The van der Waals surface area contributed by atoms with Crippen LogP contribution in [-0.4, -0.2) is 30.6 Å². The van der Waals surface area contributed by atoms with Crippen molar-refractivity contribution in [3.63, 3.8) is 0 Å². The molecule has 3 aromatic rings. The third-order valence-electron chi connectivity index (χ3n) is 4.96. The number of anilines is 3. The van der Waals surface area contributed by atoms with Crippen LogP contribution < -0.4 is 45.3 Å². The molecule has 8 nitrogen and oxygen atoms in total. The van der Waals surface area contributed by atoms with Crippen molar-refractivity contribution in [3.05, 3.63) is 76.9 Å². The largest absolute Gasteiger partial charge is 1.00 e. The van der Waals surface area contributed by atoms with E-state index in [1.165, 1.54) is 12.1 Å². The molecule has 0 spiro atoms. The third-order valence-corrected chi connectivity index (χ3v) is 5.86. The van der Waals surface area contributed by atoms with Gasteiger partial charge in [-0.1, -0.05) is 30.3 Å². The van der Waals surface area contributed by atoms with Gasteiger partial charge in [-0.15, -0.1) is 0 Å². The number of ketones is 2. The van der Waals surface area contributed by atoms with E-state index in [-0.39, 0.29) is 65.0 Å². The van der Waals surface area contributed by atoms with Gasteiger partial charge in [0.25, 0.3) is 10.1 Å². The first kappa shape index (κ1) is 24.9. The number of nitrogens with one attached hydrogen (secondary N) is 1.